The van der Waals surface area contributed by atoms with Crippen LogP contribution in [-0.4, -0.2) is 19.3 Å². The Kier molecular flexibility index (Phi) is 3.70. The molecule has 0 radical (unpaired) electrons. The number of halogens is 1. The molecule has 0 spiro atoms. The second-order valence-electron chi connectivity index (χ2n) is 4.37. The molecule has 0 saturated carbocycles. The lowest BCUT2D eigenvalue weighted by Gasteiger charge is -2.13. The third kappa shape index (κ3) is 2.40. The zero-order valence-corrected chi connectivity index (χ0v) is 11.4. The predicted octanol–water partition coefficient (Wildman–Crippen LogP) is 0.863. The number of rotatable bonds is 4. The Morgan fingerprint density at radius 2 is 2.22 bits per heavy atom. The van der Waals surface area contributed by atoms with Gasteiger partial charge in [0, 0.05) is 25.9 Å². The summed E-state index contributed by atoms with van der Waals surface area (Å²) in [6, 6.07) is -0.0772. The molecule has 2 rings (SSSR count). The molecule has 2 aromatic rings. The van der Waals surface area contributed by atoms with Crippen LogP contribution in [0, 0.1) is 6.92 Å². The molecule has 0 aromatic carbocycles. The van der Waals surface area contributed by atoms with Gasteiger partial charge >= 0.3 is 0 Å². The molecule has 6 nitrogen and oxygen atoms in total. The Hall–Kier alpha value is -1.37. The summed E-state index contributed by atoms with van der Waals surface area (Å²) in [5.74, 6) is 5.60. The van der Waals surface area contributed by atoms with Gasteiger partial charge in [-0.3, -0.25) is 16.0 Å². The highest BCUT2D eigenvalue weighted by atomic mass is 35.5. The van der Waals surface area contributed by atoms with Crippen molar-refractivity contribution in [1.29, 1.82) is 0 Å². The van der Waals surface area contributed by atoms with Crippen LogP contribution in [0.5, 0.6) is 0 Å². The van der Waals surface area contributed by atoms with Crippen LogP contribution in [0.1, 0.15) is 23.0 Å². The smallest absolute Gasteiger partial charge is 0.130 e. The summed E-state index contributed by atoms with van der Waals surface area (Å²) in [4.78, 5) is 4.30. The van der Waals surface area contributed by atoms with Gasteiger partial charge < -0.3 is 4.57 Å². The van der Waals surface area contributed by atoms with Crippen LogP contribution < -0.4 is 11.3 Å². The van der Waals surface area contributed by atoms with Gasteiger partial charge in [-0.25, -0.2) is 4.98 Å². The van der Waals surface area contributed by atoms with Gasteiger partial charge in [-0.2, -0.15) is 5.10 Å². The third-order valence-electron chi connectivity index (χ3n) is 2.96. The maximum atomic E-state index is 6.21. The molecule has 1 unspecified atom stereocenters. The summed E-state index contributed by atoms with van der Waals surface area (Å²) < 4.78 is 3.55. The van der Waals surface area contributed by atoms with E-state index in [1.54, 1.807) is 11.0 Å². The lowest BCUT2D eigenvalue weighted by atomic mass is 10.1. The molecule has 7 heteroatoms. The summed E-state index contributed by atoms with van der Waals surface area (Å²) in [5.41, 5.74) is 5.57. The zero-order valence-electron chi connectivity index (χ0n) is 10.7. The average Bonchev–Trinajstić information content (AvgIpc) is 2.84. The highest BCUT2D eigenvalue weighted by Gasteiger charge is 2.19. The van der Waals surface area contributed by atoms with Crippen molar-refractivity contribution in [3.05, 3.63) is 34.6 Å². The first-order valence-corrected chi connectivity index (χ1v) is 6.02. The number of nitrogens with zero attached hydrogens (tertiary/aromatic N) is 4. The van der Waals surface area contributed by atoms with E-state index in [1.165, 1.54) is 0 Å². The number of nitrogens with one attached hydrogen (secondary N) is 1. The molecule has 0 aliphatic heterocycles. The third-order valence-corrected chi connectivity index (χ3v) is 3.43. The Bertz CT molecular complexity index is 544. The molecule has 0 aliphatic rings. The summed E-state index contributed by atoms with van der Waals surface area (Å²) >= 11 is 6.21. The first-order chi connectivity index (χ1) is 8.52. The highest BCUT2D eigenvalue weighted by molar-refractivity contribution is 6.30. The Balaban J connectivity index is 2.25. The molecule has 0 fully saturated rings. The van der Waals surface area contributed by atoms with Gasteiger partial charge in [-0.1, -0.05) is 11.6 Å². The van der Waals surface area contributed by atoms with Crippen molar-refractivity contribution in [2.45, 2.75) is 19.4 Å². The normalized spacial score (nSPS) is 12.9. The van der Waals surface area contributed by atoms with E-state index in [-0.39, 0.29) is 6.04 Å². The predicted molar refractivity (Wildman–Crippen MR) is 69.9 cm³/mol. The van der Waals surface area contributed by atoms with Crippen molar-refractivity contribution in [3.8, 4) is 0 Å². The number of nitrogens with two attached hydrogens (primary N) is 1. The summed E-state index contributed by atoms with van der Waals surface area (Å²) in [7, 11) is 3.75. The van der Waals surface area contributed by atoms with Crippen molar-refractivity contribution in [1.82, 2.24) is 24.8 Å². The van der Waals surface area contributed by atoms with Crippen molar-refractivity contribution >= 4 is 11.6 Å². The number of hydrogen-bond donors (Lipinski definition) is 2. The molecule has 0 saturated heterocycles. The summed E-state index contributed by atoms with van der Waals surface area (Å²) in [6.45, 7) is 1.94. The van der Waals surface area contributed by atoms with Crippen molar-refractivity contribution in [2.75, 3.05) is 0 Å². The van der Waals surface area contributed by atoms with Crippen LogP contribution in [0.4, 0.5) is 0 Å². The van der Waals surface area contributed by atoms with Gasteiger partial charge in [-0.05, 0) is 13.3 Å². The lowest BCUT2D eigenvalue weighted by Crippen LogP contribution is -2.30. The van der Waals surface area contributed by atoms with Crippen LogP contribution in [0.2, 0.25) is 5.15 Å². The standard InChI is InChI=1S/C11H17ClN6/c1-7-8(11(12)18(3)16-7)4-9(15-13)10-5-17(2)6-14-10/h5-6,9,15H,4,13H2,1-3H3. The van der Waals surface area contributed by atoms with Crippen LogP contribution in [0.25, 0.3) is 0 Å². The largest absolute Gasteiger partial charge is 0.340 e. The van der Waals surface area contributed by atoms with E-state index >= 15 is 0 Å². The molecular weight excluding hydrogens is 252 g/mol. The molecule has 98 valence electrons. The fraction of sp³-hybridized carbons (Fsp3) is 0.455. The van der Waals surface area contributed by atoms with E-state index in [1.807, 2.05) is 31.8 Å². The second-order valence-corrected chi connectivity index (χ2v) is 4.72. The van der Waals surface area contributed by atoms with Crippen molar-refractivity contribution in [2.24, 2.45) is 19.9 Å². The minimum atomic E-state index is -0.0772. The van der Waals surface area contributed by atoms with E-state index in [9.17, 15) is 0 Å². The van der Waals surface area contributed by atoms with Gasteiger partial charge in [0.15, 0.2) is 0 Å². The van der Waals surface area contributed by atoms with Crippen molar-refractivity contribution in [3.63, 3.8) is 0 Å². The van der Waals surface area contributed by atoms with Crippen LogP contribution in [0.3, 0.4) is 0 Å². The number of hydrogen-bond acceptors (Lipinski definition) is 4. The fourth-order valence-corrected chi connectivity index (χ4v) is 2.22. The second kappa shape index (κ2) is 5.09. The number of aryl methyl sites for hydroxylation is 3. The lowest BCUT2D eigenvalue weighted by molar-refractivity contribution is 0.539. The molecule has 1 atom stereocenters. The highest BCUT2D eigenvalue weighted by Crippen LogP contribution is 2.24. The molecule has 2 heterocycles. The fourth-order valence-electron chi connectivity index (χ4n) is 1.97. The maximum Gasteiger partial charge on any atom is 0.130 e. The van der Waals surface area contributed by atoms with E-state index in [2.05, 4.69) is 15.5 Å². The maximum absolute atomic E-state index is 6.21. The molecular formula is C11H17ClN6. The molecule has 3 N–H and O–H groups in total. The summed E-state index contributed by atoms with van der Waals surface area (Å²) in [5, 5.41) is 4.93. The van der Waals surface area contributed by atoms with E-state index in [4.69, 9.17) is 17.4 Å². The Morgan fingerprint density at radius 1 is 1.50 bits per heavy atom. The molecule has 18 heavy (non-hydrogen) atoms. The first-order valence-electron chi connectivity index (χ1n) is 5.65. The number of aromatic nitrogens is 4. The van der Waals surface area contributed by atoms with E-state index < -0.39 is 0 Å². The number of hydrazine groups is 1. The van der Waals surface area contributed by atoms with Gasteiger partial charge in [0.05, 0.1) is 23.8 Å². The van der Waals surface area contributed by atoms with Crippen molar-refractivity contribution < 1.29 is 0 Å². The minimum Gasteiger partial charge on any atom is -0.340 e. The van der Waals surface area contributed by atoms with E-state index in [0.717, 1.165) is 17.0 Å². The number of imidazole rings is 1. The van der Waals surface area contributed by atoms with Gasteiger partial charge in [0.25, 0.3) is 0 Å². The quantitative estimate of drug-likeness (QED) is 0.637. The van der Waals surface area contributed by atoms with Gasteiger partial charge in [0.2, 0.25) is 0 Å². The SMILES string of the molecule is Cc1nn(C)c(Cl)c1CC(NN)c1cn(C)cn1. The zero-order chi connectivity index (χ0) is 13.3. The monoisotopic (exact) mass is 268 g/mol. The molecule has 0 amide bonds. The molecule has 0 aliphatic carbocycles. The van der Waals surface area contributed by atoms with Crippen LogP contribution >= 0.6 is 11.6 Å². The van der Waals surface area contributed by atoms with E-state index in [0.29, 0.717) is 11.6 Å². The van der Waals surface area contributed by atoms with Crippen LogP contribution in [-0.2, 0) is 20.5 Å². The van der Waals surface area contributed by atoms with Gasteiger partial charge in [0.1, 0.15) is 5.15 Å². The molecule has 2 aromatic heterocycles. The van der Waals surface area contributed by atoms with Crippen LogP contribution in [0.15, 0.2) is 12.5 Å². The summed E-state index contributed by atoms with van der Waals surface area (Å²) in [6.07, 6.45) is 4.34. The topological polar surface area (TPSA) is 73.7 Å². The van der Waals surface area contributed by atoms with Gasteiger partial charge in [-0.15, -0.1) is 0 Å². The Labute approximate surface area is 111 Å². The minimum absolute atomic E-state index is 0.0772. The molecule has 0 bridgehead atoms. The average molecular weight is 269 g/mol. The Morgan fingerprint density at radius 3 is 2.67 bits per heavy atom. The first kappa shape index (κ1) is 13.1.